The largest absolute Gasteiger partial charge is 0.392 e. The molecular formula is C11H20N2O2. The number of nitriles is 1. The minimum absolute atomic E-state index is 0.443. The van der Waals surface area contributed by atoms with E-state index in [9.17, 15) is 5.11 Å². The highest BCUT2D eigenvalue weighted by molar-refractivity contribution is 5.01. The first kappa shape index (κ1) is 12.4. The van der Waals surface area contributed by atoms with Crippen molar-refractivity contribution in [2.24, 2.45) is 5.41 Å². The van der Waals surface area contributed by atoms with E-state index in [1.807, 2.05) is 19.0 Å². The highest BCUT2D eigenvalue weighted by atomic mass is 16.5. The van der Waals surface area contributed by atoms with Crippen LogP contribution >= 0.6 is 0 Å². The van der Waals surface area contributed by atoms with Gasteiger partial charge in [-0.25, -0.2) is 0 Å². The topological polar surface area (TPSA) is 56.5 Å². The fourth-order valence-electron chi connectivity index (χ4n) is 2.08. The summed E-state index contributed by atoms with van der Waals surface area (Å²) >= 11 is 0. The molecule has 0 spiro atoms. The Kier molecular flexibility index (Phi) is 4.52. The highest BCUT2D eigenvalue weighted by Gasteiger charge is 2.35. The second-order valence-corrected chi connectivity index (χ2v) is 4.67. The average molecular weight is 212 g/mol. The maximum Gasteiger partial charge on any atom is 0.0832 e. The van der Waals surface area contributed by atoms with Gasteiger partial charge in [0, 0.05) is 13.2 Å². The molecule has 15 heavy (non-hydrogen) atoms. The van der Waals surface area contributed by atoms with Crippen LogP contribution in [0, 0.1) is 16.7 Å². The van der Waals surface area contributed by atoms with Crippen molar-refractivity contribution < 1.29 is 9.84 Å². The van der Waals surface area contributed by atoms with Crippen molar-refractivity contribution in [2.75, 3.05) is 33.9 Å². The van der Waals surface area contributed by atoms with Crippen LogP contribution < -0.4 is 0 Å². The van der Waals surface area contributed by atoms with Crippen molar-refractivity contribution in [2.45, 2.75) is 25.4 Å². The van der Waals surface area contributed by atoms with E-state index in [0.29, 0.717) is 19.6 Å². The van der Waals surface area contributed by atoms with Crippen molar-refractivity contribution in [3.8, 4) is 6.07 Å². The Morgan fingerprint density at radius 3 is 2.80 bits per heavy atom. The lowest BCUT2D eigenvalue weighted by Crippen LogP contribution is -2.37. The molecular weight excluding hydrogens is 192 g/mol. The first-order valence-electron chi connectivity index (χ1n) is 5.40. The third kappa shape index (κ3) is 3.78. The molecule has 1 rings (SSSR count). The van der Waals surface area contributed by atoms with Crippen LogP contribution in [0.25, 0.3) is 0 Å². The highest BCUT2D eigenvalue weighted by Crippen LogP contribution is 2.32. The summed E-state index contributed by atoms with van der Waals surface area (Å²) in [7, 11) is 3.83. The SMILES string of the molecule is CN(C)C[C@@H](O)C[C@]1(C#N)CCCOC1. The summed E-state index contributed by atoms with van der Waals surface area (Å²) in [6.45, 7) is 1.81. The van der Waals surface area contributed by atoms with Gasteiger partial charge in [-0.05, 0) is 33.4 Å². The molecule has 1 saturated heterocycles. The van der Waals surface area contributed by atoms with Crippen LogP contribution in [0.5, 0.6) is 0 Å². The zero-order valence-electron chi connectivity index (χ0n) is 9.57. The third-order valence-corrected chi connectivity index (χ3v) is 2.76. The van der Waals surface area contributed by atoms with Gasteiger partial charge in [-0.1, -0.05) is 0 Å². The molecule has 4 nitrogen and oxygen atoms in total. The van der Waals surface area contributed by atoms with E-state index < -0.39 is 11.5 Å². The molecule has 1 aliphatic heterocycles. The molecule has 2 atom stereocenters. The third-order valence-electron chi connectivity index (χ3n) is 2.76. The number of ether oxygens (including phenoxy) is 1. The summed E-state index contributed by atoms with van der Waals surface area (Å²) in [6.07, 6.45) is 1.83. The Morgan fingerprint density at radius 2 is 2.33 bits per heavy atom. The average Bonchev–Trinajstić information content (AvgIpc) is 2.17. The lowest BCUT2D eigenvalue weighted by molar-refractivity contribution is -0.00895. The van der Waals surface area contributed by atoms with Gasteiger partial charge in [0.2, 0.25) is 0 Å². The molecule has 0 saturated carbocycles. The van der Waals surface area contributed by atoms with Crippen molar-refractivity contribution in [3.63, 3.8) is 0 Å². The number of nitrogens with zero attached hydrogens (tertiary/aromatic N) is 2. The minimum Gasteiger partial charge on any atom is -0.392 e. The van der Waals surface area contributed by atoms with Gasteiger partial charge in [-0.3, -0.25) is 0 Å². The van der Waals surface area contributed by atoms with E-state index >= 15 is 0 Å². The van der Waals surface area contributed by atoms with Gasteiger partial charge < -0.3 is 14.7 Å². The van der Waals surface area contributed by atoms with Gasteiger partial charge in [0.15, 0.2) is 0 Å². The van der Waals surface area contributed by atoms with Crippen molar-refractivity contribution in [3.05, 3.63) is 0 Å². The van der Waals surface area contributed by atoms with Crippen molar-refractivity contribution in [1.82, 2.24) is 4.90 Å². The molecule has 1 fully saturated rings. The quantitative estimate of drug-likeness (QED) is 0.742. The molecule has 86 valence electrons. The van der Waals surface area contributed by atoms with Crippen LogP contribution in [0.2, 0.25) is 0 Å². The number of hydrogen-bond donors (Lipinski definition) is 1. The van der Waals surface area contributed by atoms with Gasteiger partial charge in [0.25, 0.3) is 0 Å². The molecule has 0 unspecified atom stereocenters. The molecule has 1 aliphatic rings. The zero-order chi connectivity index (χ0) is 11.3. The molecule has 1 N–H and O–H groups in total. The normalized spacial score (nSPS) is 28.7. The maximum absolute atomic E-state index is 9.82. The van der Waals surface area contributed by atoms with Gasteiger partial charge >= 0.3 is 0 Å². The number of aliphatic hydroxyl groups is 1. The first-order chi connectivity index (χ1) is 7.08. The lowest BCUT2D eigenvalue weighted by atomic mass is 9.79. The number of aliphatic hydroxyl groups excluding tert-OH is 1. The predicted octanol–water partition coefficient (Wildman–Crippen LogP) is 0.619. The molecule has 0 aromatic carbocycles. The summed E-state index contributed by atoms with van der Waals surface area (Å²) < 4.78 is 5.33. The summed E-state index contributed by atoms with van der Waals surface area (Å²) in [6, 6.07) is 2.32. The van der Waals surface area contributed by atoms with Crippen LogP contribution in [0.4, 0.5) is 0 Å². The Balaban J connectivity index is 2.48. The summed E-state index contributed by atoms with van der Waals surface area (Å²) in [5.41, 5.74) is -0.465. The standard InChI is InChI=1S/C11H20N2O2/c1-13(2)7-10(14)6-11(8-12)4-3-5-15-9-11/h10,14H,3-7,9H2,1-2H3/t10-,11-/m0/s1. The van der Waals surface area contributed by atoms with E-state index in [-0.39, 0.29) is 0 Å². The number of rotatable bonds is 4. The Bertz CT molecular complexity index is 229. The van der Waals surface area contributed by atoms with Gasteiger partial charge in [0.05, 0.1) is 24.2 Å². The van der Waals surface area contributed by atoms with Crippen molar-refractivity contribution >= 4 is 0 Å². The monoisotopic (exact) mass is 212 g/mol. The molecule has 1 heterocycles. The van der Waals surface area contributed by atoms with Crippen LogP contribution in [-0.2, 0) is 4.74 Å². The van der Waals surface area contributed by atoms with Gasteiger partial charge in [-0.15, -0.1) is 0 Å². The molecule has 0 aliphatic carbocycles. The maximum atomic E-state index is 9.82. The molecule has 0 bridgehead atoms. The van der Waals surface area contributed by atoms with E-state index in [1.165, 1.54) is 0 Å². The van der Waals surface area contributed by atoms with Crippen LogP contribution in [-0.4, -0.2) is 50.0 Å². The summed E-state index contributed by atoms with van der Waals surface area (Å²) in [5, 5.41) is 19.0. The van der Waals surface area contributed by atoms with Crippen molar-refractivity contribution in [1.29, 1.82) is 5.26 Å². The number of likely N-dealkylation sites (N-methyl/N-ethyl adjacent to an activating group) is 1. The summed E-state index contributed by atoms with van der Waals surface area (Å²) in [5.74, 6) is 0. The van der Waals surface area contributed by atoms with E-state index in [1.54, 1.807) is 0 Å². The lowest BCUT2D eigenvalue weighted by Gasteiger charge is -2.32. The Morgan fingerprint density at radius 1 is 1.60 bits per heavy atom. The Hall–Kier alpha value is -0.630. The molecule has 0 amide bonds. The fourth-order valence-corrected chi connectivity index (χ4v) is 2.08. The first-order valence-corrected chi connectivity index (χ1v) is 5.40. The molecule has 0 aromatic heterocycles. The van der Waals surface area contributed by atoms with E-state index in [2.05, 4.69) is 6.07 Å². The van der Waals surface area contributed by atoms with Gasteiger partial charge in [-0.2, -0.15) is 5.26 Å². The smallest absolute Gasteiger partial charge is 0.0832 e. The number of hydrogen-bond acceptors (Lipinski definition) is 4. The predicted molar refractivity (Wildman–Crippen MR) is 57.3 cm³/mol. The minimum atomic E-state index is -0.465. The van der Waals surface area contributed by atoms with Crippen LogP contribution in [0.1, 0.15) is 19.3 Å². The molecule has 4 heteroatoms. The summed E-state index contributed by atoms with van der Waals surface area (Å²) in [4.78, 5) is 1.93. The van der Waals surface area contributed by atoms with E-state index in [4.69, 9.17) is 10.00 Å². The van der Waals surface area contributed by atoms with Crippen LogP contribution in [0.15, 0.2) is 0 Å². The second kappa shape index (κ2) is 5.45. The molecule has 0 radical (unpaired) electrons. The fraction of sp³-hybridized carbons (Fsp3) is 0.909. The van der Waals surface area contributed by atoms with E-state index in [0.717, 1.165) is 19.4 Å². The zero-order valence-corrected chi connectivity index (χ0v) is 9.57. The Labute approximate surface area is 91.4 Å². The molecule has 0 aromatic rings. The van der Waals surface area contributed by atoms with Gasteiger partial charge in [0.1, 0.15) is 0 Å². The van der Waals surface area contributed by atoms with Crippen LogP contribution in [0.3, 0.4) is 0 Å². The second-order valence-electron chi connectivity index (χ2n) is 4.67.